The molecule has 0 saturated heterocycles. The molecule has 0 fully saturated rings. The van der Waals surface area contributed by atoms with E-state index in [1.54, 1.807) is 19.2 Å². The van der Waals surface area contributed by atoms with Gasteiger partial charge in [-0.1, -0.05) is 47.0 Å². The van der Waals surface area contributed by atoms with E-state index in [2.05, 4.69) is 21.2 Å². The van der Waals surface area contributed by atoms with E-state index in [0.29, 0.717) is 23.5 Å². The summed E-state index contributed by atoms with van der Waals surface area (Å²) < 4.78 is 28.6. The number of anilines is 1. The summed E-state index contributed by atoms with van der Waals surface area (Å²) in [4.78, 5) is 10.9. The molecule has 0 radical (unpaired) electrons. The highest BCUT2D eigenvalue weighted by Gasteiger charge is 2.34. The highest BCUT2D eigenvalue weighted by atomic mass is 79.9. The van der Waals surface area contributed by atoms with Crippen molar-refractivity contribution in [3.8, 4) is 0 Å². The molecule has 8 heteroatoms. The zero-order valence-corrected chi connectivity index (χ0v) is 18.7. The van der Waals surface area contributed by atoms with Crippen LogP contribution in [0.2, 0.25) is 0 Å². The topological polar surface area (TPSA) is 86.7 Å². The van der Waals surface area contributed by atoms with E-state index in [9.17, 15) is 13.2 Å². The number of halogens is 1. The summed E-state index contributed by atoms with van der Waals surface area (Å²) in [6, 6.07) is 12.5. The highest BCUT2D eigenvalue weighted by molar-refractivity contribution is 9.10. The minimum atomic E-state index is -3.64. The van der Waals surface area contributed by atoms with E-state index >= 15 is 0 Å². The molecule has 0 saturated carbocycles. The van der Waals surface area contributed by atoms with E-state index in [4.69, 9.17) is 5.11 Å². The summed E-state index contributed by atoms with van der Waals surface area (Å²) in [6.07, 6.45) is 3.58. The van der Waals surface area contributed by atoms with Gasteiger partial charge in [-0.2, -0.15) is 0 Å². The summed E-state index contributed by atoms with van der Waals surface area (Å²) in [7, 11) is -2.06. The lowest BCUT2D eigenvalue weighted by Gasteiger charge is -2.22. The second-order valence-electron chi connectivity index (χ2n) is 7.16. The zero-order chi connectivity index (χ0) is 21.0. The van der Waals surface area contributed by atoms with Crippen molar-refractivity contribution in [1.29, 1.82) is 0 Å². The van der Waals surface area contributed by atoms with Gasteiger partial charge in [0.1, 0.15) is 0 Å². The van der Waals surface area contributed by atoms with E-state index < -0.39 is 16.0 Å². The largest absolute Gasteiger partial charge is 0.481 e. The summed E-state index contributed by atoms with van der Waals surface area (Å²) in [6.45, 7) is 0.710. The van der Waals surface area contributed by atoms with Crippen molar-refractivity contribution in [2.24, 2.45) is 0 Å². The number of fused-ring (bicyclic) bond motifs is 2. The molecular weight excluding hydrogens is 456 g/mol. The van der Waals surface area contributed by atoms with Crippen LogP contribution in [0, 0.1) is 0 Å². The summed E-state index contributed by atoms with van der Waals surface area (Å²) in [5.74, 6) is -0.759. The molecule has 29 heavy (non-hydrogen) atoms. The molecule has 0 spiro atoms. The average Bonchev–Trinajstić information content (AvgIpc) is 2.75. The van der Waals surface area contributed by atoms with E-state index in [1.165, 1.54) is 4.31 Å². The van der Waals surface area contributed by atoms with Crippen LogP contribution in [0.3, 0.4) is 0 Å². The lowest BCUT2D eigenvalue weighted by Crippen LogP contribution is -2.26. The van der Waals surface area contributed by atoms with Crippen molar-refractivity contribution in [2.45, 2.75) is 43.0 Å². The van der Waals surface area contributed by atoms with Crippen molar-refractivity contribution < 1.29 is 18.3 Å². The fraction of sp³-hybridized carbons (Fsp3) is 0.381. The standard InChI is InChI=1S/C21H25BrN2O4S/c1-24-18-12-11-15(22)14-17(18)21(23-13-7-3-2-4-10-20(25)26)16-8-5-6-9-19(16)29(24,27)28/h5-6,8-9,11-12,14,21,23H,2-4,7,10,13H2,1H3,(H,25,26). The van der Waals surface area contributed by atoms with E-state index in [1.807, 2.05) is 30.3 Å². The maximum atomic E-state index is 13.2. The second kappa shape index (κ2) is 9.28. The van der Waals surface area contributed by atoms with Crippen LogP contribution in [0.5, 0.6) is 0 Å². The number of rotatable bonds is 8. The Kier molecular flexibility index (Phi) is 6.97. The van der Waals surface area contributed by atoms with Gasteiger partial charge in [0, 0.05) is 17.9 Å². The van der Waals surface area contributed by atoms with Crippen LogP contribution in [0.4, 0.5) is 5.69 Å². The molecule has 2 N–H and O–H groups in total. The lowest BCUT2D eigenvalue weighted by molar-refractivity contribution is -0.137. The molecule has 0 amide bonds. The zero-order valence-electron chi connectivity index (χ0n) is 16.3. The molecule has 0 bridgehead atoms. The maximum Gasteiger partial charge on any atom is 0.303 e. The predicted octanol–water partition coefficient (Wildman–Crippen LogP) is 4.30. The predicted molar refractivity (Wildman–Crippen MR) is 117 cm³/mol. The van der Waals surface area contributed by atoms with E-state index in [-0.39, 0.29) is 12.5 Å². The first kappa shape index (κ1) is 21.8. The van der Waals surface area contributed by atoms with Crippen molar-refractivity contribution in [3.63, 3.8) is 0 Å². The van der Waals surface area contributed by atoms with Gasteiger partial charge < -0.3 is 10.4 Å². The molecular formula is C21H25BrN2O4S. The van der Waals surface area contributed by atoms with Crippen molar-refractivity contribution >= 4 is 37.6 Å². The molecule has 1 atom stereocenters. The van der Waals surface area contributed by atoms with Crippen LogP contribution >= 0.6 is 15.9 Å². The SMILES string of the molecule is CN1c2ccc(Br)cc2C(NCCCCCCC(=O)O)c2ccccc2S1(=O)=O. The second-order valence-corrected chi connectivity index (χ2v) is 10.0. The van der Waals surface area contributed by atoms with Gasteiger partial charge in [-0.3, -0.25) is 9.10 Å². The van der Waals surface area contributed by atoms with Gasteiger partial charge in [-0.25, -0.2) is 8.42 Å². The van der Waals surface area contributed by atoms with Gasteiger partial charge in [-0.05, 0) is 54.8 Å². The number of aliphatic carboxylic acids is 1. The number of hydrogen-bond acceptors (Lipinski definition) is 4. The minimum Gasteiger partial charge on any atom is -0.481 e. The number of hydrogen-bond donors (Lipinski definition) is 2. The van der Waals surface area contributed by atoms with Crippen molar-refractivity contribution in [1.82, 2.24) is 5.32 Å². The fourth-order valence-corrected chi connectivity index (χ4v) is 5.50. The van der Waals surface area contributed by atoms with E-state index in [0.717, 1.165) is 34.9 Å². The Morgan fingerprint density at radius 2 is 1.83 bits per heavy atom. The van der Waals surface area contributed by atoms with Crippen LogP contribution in [-0.4, -0.2) is 33.1 Å². The number of carboxylic acid groups (broad SMARTS) is 1. The molecule has 0 aliphatic carbocycles. The molecule has 1 aliphatic heterocycles. The highest BCUT2D eigenvalue weighted by Crippen LogP contribution is 2.41. The number of carbonyl (C=O) groups is 1. The molecule has 2 aromatic rings. The van der Waals surface area contributed by atoms with Gasteiger partial charge in [0.15, 0.2) is 0 Å². The third-order valence-electron chi connectivity index (χ3n) is 5.17. The Balaban J connectivity index is 1.85. The number of unbranched alkanes of at least 4 members (excludes halogenated alkanes) is 3. The van der Waals surface area contributed by atoms with Crippen LogP contribution < -0.4 is 9.62 Å². The van der Waals surface area contributed by atoms with Crippen molar-refractivity contribution in [3.05, 3.63) is 58.1 Å². The number of nitrogens with one attached hydrogen (secondary N) is 1. The molecule has 0 aromatic heterocycles. The minimum absolute atomic E-state index is 0.203. The lowest BCUT2D eigenvalue weighted by atomic mass is 9.96. The Morgan fingerprint density at radius 1 is 1.10 bits per heavy atom. The van der Waals surface area contributed by atoms with Crippen LogP contribution in [0.15, 0.2) is 51.8 Å². The summed E-state index contributed by atoms with van der Waals surface area (Å²) in [5.41, 5.74) is 2.30. The number of nitrogens with zero attached hydrogens (tertiary/aromatic N) is 1. The van der Waals surface area contributed by atoms with Gasteiger partial charge in [0.2, 0.25) is 0 Å². The molecule has 3 rings (SSSR count). The maximum absolute atomic E-state index is 13.2. The Hall–Kier alpha value is -1.90. The Labute approximate surface area is 180 Å². The third kappa shape index (κ3) is 4.82. The first-order valence-corrected chi connectivity index (χ1v) is 11.9. The molecule has 1 heterocycles. The van der Waals surface area contributed by atoms with Crippen molar-refractivity contribution in [2.75, 3.05) is 17.9 Å². The van der Waals surface area contributed by atoms with Crippen LogP contribution in [-0.2, 0) is 14.8 Å². The first-order chi connectivity index (χ1) is 13.8. The van der Waals surface area contributed by atoms with Gasteiger partial charge >= 0.3 is 5.97 Å². The molecule has 156 valence electrons. The van der Waals surface area contributed by atoms with Crippen LogP contribution in [0.25, 0.3) is 0 Å². The third-order valence-corrected chi connectivity index (χ3v) is 7.51. The smallest absolute Gasteiger partial charge is 0.303 e. The molecule has 1 aliphatic rings. The molecule has 2 aromatic carbocycles. The number of sulfonamides is 1. The fourth-order valence-electron chi connectivity index (χ4n) is 3.66. The summed E-state index contributed by atoms with van der Waals surface area (Å²) in [5, 5.41) is 12.2. The number of carboxylic acids is 1. The van der Waals surface area contributed by atoms with Gasteiger partial charge in [0.25, 0.3) is 10.0 Å². The average molecular weight is 481 g/mol. The Morgan fingerprint density at radius 3 is 2.59 bits per heavy atom. The summed E-state index contributed by atoms with van der Waals surface area (Å²) >= 11 is 3.51. The first-order valence-electron chi connectivity index (χ1n) is 9.65. The quantitative estimate of drug-likeness (QED) is 0.549. The van der Waals surface area contributed by atoms with Gasteiger partial charge in [-0.15, -0.1) is 0 Å². The number of benzene rings is 2. The van der Waals surface area contributed by atoms with Crippen LogP contribution in [0.1, 0.15) is 49.3 Å². The Bertz CT molecular complexity index is 994. The van der Waals surface area contributed by atoms with Gasteiger partial charge in [0.05, 0.1) is 16.6 Å². The monoisotopic (exact) mass is 480 g/mol. The molecule has 6 nitrogen and oxygen atoms in total. The molecule has 1 unspecified atom stereocenters. The normalized spacial score (nSPS) is 17.3.